The molecule has 1 aliphatic heterocycles. The largest absolute Gasteiger partial charge is 0.491 e. The van der Waals surface area contributed by atoms with Crippen LogP contribution >= 0.6 is 39.9 Å². The molecule has 0 atom stereocenters. The van der Waals surface area contributed by atoms with Crippen LogP contribution in [0.25, 0.3) is 0 Å². The summed E-state index contributed by atoms with van der Waals surface area (Å²) in [6.07, 6.45) is 0. The van der Waals surface area contributed by atoms with Gasteiger partial charge in [-0.3, -0.25) is 4.90 Å². The Hall–Kier alpha value is -0.0000000000000000555. The fourth-order valence-electron chi connectivity index (χ4n) is 2.22. The number of hydrogen-bond acceptors (Lipinski definition) is 3. The Balaban J connectivity index is 0.00000200. The van der Waals surface area contributed by atoms with E-state index in [9.17, 15) is 0 Å². The molecule has 1 heterocycles. The number of ether oxygens (including phenoxy) is 1. The normalized spacial score (nSPS) is 16.8. The number of likely N-dealkylation sites (N-methyl/N-ethyl adjacent to an activating group) is 1. The molecule has 0 spiro atoms. The van der Waals surface area contributed by atoms with E-state index in [-0.39, 0.29) is 12.4 Å². The van der Waals surface area contributed by atoms with Crippen LogP contribution in [0.15, 0.2) is 16.6 Å². The molecule has 114 valence electrons. The standard InChI is InChI=1S/C14H20BrClN2O.ClH/c1-11-9-12(16)10-13(15)14(11)19-8-7-18-5-3-17(2)4-6-18;/h9-10H,3-8H2,1-2H3;1H. The van der Waals surface area contributed by atoms with Crippen LogP contribution in [0.1, 0.15) is 5.56 Å². The van der Waals surface area contributed by atoms with Gasteiger partial charge in [-0.2, -0.15) is 0 Å². The van der Waals surface area contributed by atoms with Gasteiger partial charge in [0.2, 0.25) is 0 Å². The number of piperazine rings is 1. The number of benzene rings is 1. The van der Waals surface area contributed by atoms with Crippen molar-refractivity contribution in [2.75, 3.05) is 46.4 Å². The summed E-state index contributed by atoms with van der Waals surface area (Å²) >= 11 is 9.50. The third kappa shape index (κ3) is 5.08. The van der Waals surface area contributed by atoms with E-state index in [1.807, 2.05) is 19.1 Å². The van der Waals surface area contributed by atoms with E-state index in [4.69, 9.17) is 16.3 Å². The zero-order valence-electron chi connectivity index (χ0n) is 11.9. The summed E-state index contributed by atoms with van der Waals surface area (Å²) in [5.74, 6) is 0.901. The van der Waals surface area contributed by atoms with Crippen molar-refractivity contribution in [3.63, 3.8) is 0 Å². The highest BCUT2D eigenvalue weighted by atomic mass is 79.9. The number of aryl methyl sites for hydroxylation is 1. The second kappa shape index (κ2) is 8.44. The molecule has 3 nitrogen and oxygen atoms in total. The van der Waals surface area contributed by atoms with Gasteiger partial charge >= 0.3 is 0 Å². The van der Waals surface area contributed by atoms with Crippen LogP contribution in [-0.2, 0) is 0 Å². The zero-order valence-corrected chi connectivity index (χ0v) is 15.0. The van der Waals surface area contributed by atoms with Crippen molar-refractivity contribution in [2.45, 2.75) is 6.92 Å². The minimum atomic E-state index is 0. The highest BCUT2D eigenvalue weighted by Crippen LogP contribution is 2.32. The Morgan fingerprint density at radius 2 is 1.90 bits per heavy atom. The SMILES string of the molecule is Cc1cc(Cl)cc(Br)c1OCCN1CCN(C)CC1.Cl. The minimum Gasteiger partial charge on any atom is -0.491 e. The predicted octanol–water partition coefficient (Wildman–Crippen LogP) is 3.46. The lowest BCUT2D eigenvalue weighted by Gasteiger charge is -2.32. The average Bonchev–Trinajstić information content (AvgIpc) is 2.34. The van der Waals surface area contributed by atoms with Gasteiger partial charge in [0.25, 0.3) is 0 Å². The van der Waals surface area contributed by atoms with Crippen molar-refractivity contribution in [1.29, 1.82) is 0 Å². The molecule has 0 aromatic heterocycles. The van der Waals surface area contributed by atoms with Gasteiger partial charge in [0.05, 0.1) is 4.47 Å². The topological polar surface area (TPSA) is 15.7 Å². The monoisotopic (exact) mass is 382 g/mol. The Morgan fingerprint density at radius 1 is 1.25 bits per heavy atom. The first-order valence-corrected chi connectivity index (χ1v) is 7.72. The number of nitrogens with zero attached hydrogens (tertiary/aromatic N) is 2. The van der Waals surface area contributed by atoms with Gasteiger partial charge in [0.15, 0.2) is 0 Å². The minimum absolute atomic E-state index is 0. The van der Waals surface area contributed by atoms with Crippen LogP contribution in [0.4, 0.5) is 0 Å². The molecule has 0 bridgehead atoms. The molecule has 1 aliphatic rings. The summed E-state index contributed by atoms with van der Waals surface area (Å²) in [7, 11) is 2.17. The Bertz CT molecular complexity index is 414. The number of hydrogen-bond donors (Lipinski definition) is 0. The highest BCUT2D eigenvalue weighted by molar-refractivity contribution is 9.10. The fourth-order valence-corrected chi connectivity index (χ4v) is 3.30. The van der Waals surface area contributed by atoms with Gasteiger partial charge in [-0.1, -0.05) is 11.6 Å². The summed E-state index contributed by atoms with van der Waals surface area (Å²) < 4.78 is 6.82. The van der Waals surface area contributed by atoms with Crippen LogP contribution in [0.5, 0.6) is 5.75 Å². The molecule has 0 saturated carbocycles. The van der Waals surface area contributed by atoms with E-state index in [0.717, 1.165) is 53.5 Å². The Kier molecular flexibility index (Phi) is 7.62. The summed E-state index contributed by atoms with van der Waals surface area (Å²) in [5, 5.41) is 0.732. The Labute approximate surface area is 140 Å². The summed E-state index contributed by atoms with van der Waals surface area (Å²) in [5.41, 5.74) is 1.07. The van der Waals surface area contributed by atoms with Crippen molar-refractivity contribution < 1.29 is 4.74 Å². The predicted molar refractivity (Wildman–Crippen MR) is 90.6 cm³/mol. The lowest BCUT2D eigenvalue weighted by molar-refractivity contribution is 0.133. The first-order valence-electron chi connectivity index (χ1n) is 6.55. The molecule has 0 amide bonds. The van der Waals surface area contributed by atoms with Gasteiger partial charge in [-0.15, -0.1) is 12.4 Å². The maximum atomic E-state index is 5.99. The van der Waals surface area contributed by atoms with Crippen LogP contribution in [0.3, 0.4) is 0 Å². The van der Waals surface area contributed by atoms with E-state index in [1.54, 1.807) is 0 Å². The molecule has 1 fully saturated rings. The third-order valence-corrected chi connectivity index (χ3v) is 4.25. The highest BCUT2D eigenvalue weighted by Gasteiger charge is 2.14. The Morgan fingerprint density at radius 3 is 2.50 bits per heavy atom. The molecule has 1 saturated heterocycles. The van der Waals surface area contributed by atoms with Gasteiger partial charge < -0.3 is 9.64 Å². The zero-order chi connectivity index (χ0) is 13.8. The lowest BCUT2D eigenvalue weighted by Crippen LogP contribution is -2.45. The van der Waals surface area contributed by atoms with Gasteiger partial charge in [-0.05, 0) is 47.6 Å². The van der Waals surface area contributed by atoms with E-state index in [1.165, 1.54) is 0 Å². The molecule has 0 aliphatic carbocycles. The molecular formula is C14H21BrCl2N2O. The van der Waals surface area contributed by atoms with E-state index in [0.29, 0.717) is 6.61 Å². The third-order valence-electron chi connectivity index (χ3n) is 3.44. The van der Waals surface area contributed by atoms with Crippen molar-refractivity contribution in [3.8, 4) is 5.75 Å². The van der Waals surface area contributed by atoms with E-state index < -0.39 is 0 Å². The van der Waals surface area contributed by atoms with Gasteiger partial charge in [0.1, 0.15) is 12.4 Å². The lowest BCUT2D eigenvalue weighted by atomic mass is 10.2. The van der Waals surface area contributed by atoms with Crippen LogP contribution in [0.2, 0.25) is 5.02 Å². The molecule has 0 radical (unpaired) electrons. The maximum absolute atomic E-state index is 5.99. The molecule has 0 unspecified atom stereocenters. The maximum Gasteiger partial charge on any atom is 0.136 e. The second-order valence-corrected chi connectivity index (χ2v) is 6.32. The molecule has 1 aromatic rings. The quantitative estimate of drug-likeness (QED) is 0.791. The van der Waals surface area contributed by atoms with Crippen molar-refractivity contribution in [3.05, 3.63) is 27.2 Å². The van der Waals surface area contributed by atoms with E-state index >= 15 is 0 Å². The van der Waals surface area contributed by atoms with E-state index in [2.05, 4.69) is 32.8 Å². The van der Waals surface area contributed by atoms with Gasteiger partial charge in [-0.25, -0.2) is 0 Å². The van der Waals surface area contributed by atoms with Crippen LogP contribution in [0, 0.1) is 6.92 Å². The van der Waals surface area contributed by atoms with Crippen molar-refractivity contribution in [1.82, 2.24) is 9.80 Å². The van der Waals surface area contributed by atoms with Crippen molar-refractivity contribution in [2.24, 2.45) is 0 Å². The first-order chi connectivity index (χ1) is 9.06. The molecule has 20 heavy (non-hydrogen) atoms. The molecule has 6 heteroatoms. The van der Waals surface area contributed by atoms with Crippen LogP contribution in [-0.4, -0.2) is 56.2 Å². The summed E-state index contributed by atoms with van der Waals surface area (Å²) in [6.45, 7) is 8.24. The fraction of sp³-hybridized carbons (Fsp3) is 0.571. The molecule has 2 rings (SSSR count). The summed E-state index contributed by atoms with van der Waals surface area (Å²) in [6, 6.07) is 3.80. The summed E-state index contributed by atoms with van der Waals surface area (Å²) in [4.78, 5) is 4.80. The molecule has 1 aromatic carbocycles. The van der Waals surface area contributed by atoms with Crippen molar-refractivity contribution >= 4 is 39.9 Å². The van der Waals surface area contributed by atoms with Gasteiger partial charge in [0, 0.05) is 37.7 Å². The first kappa shape index (κ1) is 18.1. The second-order valence-electron chi connectivity index (χ2n) is 5.03. The average molecular weight is 384 g/mol. The molecule has 0 N–H and O–H groups in total. The number of halogens is 3. The smallest absolute Gasteiger partial charge is 0.136 e. The molecular weight excluding hydrogens is 363 g/mol. The van der Waals surface area contributed by atoms with Crippen LogP contribution < -0.4 is 4.74 Å². The number of rotatable bonds is 4.